The van der Waals surface area contributed by atoms with Gasteiger partial charge in [-0.05, 0) is 49.0 Å². The van der Waals surface area contributed by atoms with Crippen LogP contribution in [0.15, 0.2) is 23.3 Å². The second-order valence-corrected chi connectivity index (χ2v) is 9.19. The maximum absolute atomic E-state index is 12.8. The molecule has 0 bridgehead atoms. The highest BCUT2D eigenvalue weighted by molar-refractivity contribution is 6.02. The second-order valence-electron chi connectivity index (χ2n) is 9.19. The van der Waals surface area contributed by atoms with Gasteiger partial charge in [0.25, 0.3) is 0 Å². The summed E-state index contributed by atoms with van der Waals surface area (Å²) in [4.78, 5) is 12.8. The van der Waals surface area contributed by atoms with Crippen molar-refractivity contribution in [1.82, 2.24) is 0 Å². The maximum atomic E-state index is 12.8. The van der Waals surface area contributed by atoms with Gasteiger partial charge in [0, 0.05) is 23.3 Å². The van der Waals surface area contributed by atoms with Gasteiger partial charge in [-0.1, -0.05) is 32.9 Å². The van der Waals surface area contributed by atoms with Crippen LogP contribution in [0.25, 0.3) is 0 Å². The van der Waals surface area contributed by atoms with Crippen LogP contribution in [-0.4, -0.2) is 27.7 Å². The van der Waals surface area contributed by atoms with Gasteiger partial charge in [-0.2, -0.15) is 0 Å². The Hall–Kier alpha value is -0.930. The largest absolute Gasteiger partial charge is 0.387 e. The molecule has 23 heavy (non-hydrogen) atoms. The van der Waals surface area contributed by atoms with Crippen molar-refractivity contribution >= 4 is 5.78 Å². The first-order chi connectivity index (χ1) is 10.6. The molecular weight excluding hydrogens is 288 g/mol. The van der Waals surface area contributed by atoms with E-state index < -0.39 is 11.7 Å². The average molecular weight is 316 g/mol. The zero-order valence-electron chi connectivity index (χ0n) is 14.6. The van der Waals surface area contributed by atoms with Crippen LogP contribution in [0.5, 0.6) is 0 Å². The number of aliphatic hydroxyl groups excluding tert-OH is 1. The molecule has 2 fully saturated rings. The van der Waals surface area contributed by atoms with Gasteiger partial charge in [-0.3, -0.25) is 4.79 Å². The number of hydrogen-bond acceptors (Lipinski definition) is 3. The molecule has 3 nitrogen and oxygen atoms in total. The van der Waals surface area contributed by atoms with Crippen LogP contribution in [-0.2, 0) is 4.79 Å². The van der Waals surface area contributed by atoms with E-state index in [-0.39, 0.29) is 29.0 Å². The summed E-state index contributed by atoms with van der Waals surface area (Å²) in [5.74, 6) is 0.835. The molecule has 3 heteroatoms. The van der Waals surface area contributed by atoms with Crippen LogP contribution in [0.3, 0.4) is 0 Å². The van der Waals surface area contributed by atoms with Crippen LogP contribution in [0, 0.1) is 35.0 Å². The number of Topliss-reactive ketones (excluding diaryl/α,β-unsaturated/α-hetero) is 1. The van der Waals surface area contributed by atoms with Gasteiger partial charge >= 0.3 is 0 Å². The molecule has 0 unspecified atom stereocenters. The molecule has 0 saturated heterocycles. The van der Waals surface area contributed by atoms with E-state index in [1.165, 1.54) is 0 Å². The molecule has 0 aromatic carbocycles. The molecule has 2 N–H and O–H groups in total. The summed E-state index contributed by atoms with van der Waals surface area (Å²) in [5, 5.41) is 22.2. The van der Waals surface area contributed by atoms with Gasteiger partial charge in [0.15, 0.2) is 5.78 Å². The third-order valence-corrected chi connectivity index (χ3v) is 7.56. The minimum Gasteiger partial charge on any atom is -0.387 e. The van der Waals surface area contributed by atoms with E-state index in [1.807, 2.05) is 6.92 Å². The van der Waals surface area contributed by atoms with Crippen LogP contribution < -0.4 is 0 Å². The number of aliphatic hydroxyl groups is 2. The predicted molar refractivity (Wildman–Crippen MR) is 88.6 cm³/mol. The fourth-order valence-corrected chi connectivity index (χ4v) is 6.20. The monoisotopic (exact) mass is 316 g/mol. The van der Waals surface area contributed by atoms with Gasteiger partial charge in [-0.25, -0.2) is 0 Å². The van der Waals surface area contributed by atoms with Crippen molar-refractivity contribution in [3.05, 3.63) is 23.3 Å². The molecule has 7 atom stereocenters. The molecule has 126 valence electrons. The Bertz CT molecular complexity index is 639. The van der Waals surface area contributed by atoms with E-state index in [4.69, 9.17) is 0 Å². The summed E-state index contributed by atoms with van der Waals surface area (Å²) < 4.78 is 0. The molecule has 0 aromatic heterocycles. The molecule has 4 rings (SSSR count). The van der Waals surface area contributed by atoms with Crippen molar-refractivity contribution in [2.24, 2.45) is 35.0 Å². The van der Waals surface area contributed by atoms with Crippen molar-refractivity contribution in [1.29, 1.82) is 0 Å². The van der Waals surface area contributed by atoms with Crippen molar-refractivity contribution in [2.75, 3.05) is 0 Å². The standard InChI is InChI=1S/C20H28O3/c1-9-6-7-12-15(19(12,3)4)16-13(9)14-11(8-10(2)17(14)21)18(22)20(16,5)23/h10,12-13,15-16,18,22-23H,1,6-8H2,2-5H3/t10-,12-,13+,15-,16+,18+,20+/m0/s1. The first-order valence-corrected chi connectivity index (χ1v) is 8.95. The fraction of sp³-hybridized carbons (Fsp3) is 0.750. The highest BCUT2D eigenvalue weighted by Gasteiger charge is 2.69. The number of fused-ring (bicyclic) bond motifs is 4. The summed E-state index contributed by atoms with van der Waals surface area (Å²) in [7, 11) is 0. The van der Waals surface area contributed by atoms with Crippen LogP contribution in [0.4, 0.5) is 0 Å². The lowest BCUT2D eigenvalue weighted by atomic mass is 9.61. The SMILES string of the molecule is C=C1CC[C@H]2[C@@H]([C@H]3[C@H]1C1=C(C[C@H](C)C1=O)[C@@H](O)[C@]3(C)O)C2(C)C. The molecule has 0 aromatic rings. The van der Waals surface area contributed by atoms with Gasteiger partial charge in [0.2, 0.25) is 0 Å². The molecule has 0 spiro atoms. The van der Waals surface area contributed by atoms with Gasteiger partial charge in [0.05, 0.1) is 5.60 Å². The van der Waals surface area contributed by atoms with Gasteiger partial charge in [-0.15, -0.1) is 0 Å². The zero-order chi connectivity index (χ0) is 16.9. The Kier molecular flexibility index (Phi) is 2.96. The highest BCUT2D eigenvalue weighted by atomic mass is 16.3. The first-order valence-electron chi connectivity index (χ1n) is 8.95. The molecule has 0 amide bonds. The average Bonchev–Trinajstić information content (AvgIpc) is 2.93. The zero-order valence-corrected chi connectivity index (χ0v) is 14.6. The summed E-state index contributed by atoms with van der Waals surface area (Å²) in [5.41, 5.74) is 1.66. The van der Waals surface area contributed by atoms with Crippen molar-refractivity contribution < 1.29 is 15.0 Å². The van der Waals surface area contributed by atoms with E-state index in [9.17, 15) is 15.0 Å². The normalized spacial score (nSPS) is 51.0. The molecule has 2 saturated carbocycles. The van der Waals surface area contributed by atoms with E-state index in [2.05, 4.69) is 20.4 Å². The summed E-state index contributed by atoms with van der Waals surface area (Å²) in [6, 6.07) is 0. The molecule has 0 aliphatic heterocycles. The van der Waals surface area contributed by atoms with Crippen molar-refractivity contribution in [3.8, 4) is 0 Å². The van der Waals surface area contributed by atoms with Crippen molar-refractivity contribution in [2.45, 2.75) is 58.7 Å². The third-order valence-electron chi connectivity index (χ3n) is 7.56. The number of carbonyl (C=O) groups is 1. The maximum Gasteiger partial charge on any atom is 0.162 e. The van der Waals surface area contributed by atoms with E-state index in [0.717, 1.165) is 29.6 Å². The molecule has 0 radical (unpaired) electrons. The van der Waals surface area contributed by atoms with Crippen LogP contribution >= 0.6 is 0 Å². The third kappa shape index (κ3) is 1.76. The molecule has 4 aliphatic rings. The molecule has 4 aliphatic carbocycles. The van der Waals surface area contributed by atoms with Crippen molar-refractivity contribution in [3.63, 3.8) is 0 Å². The lowest BCUT2D eigenvalue weighted by Gasteiger charge is -2.47. The Morgan fingerprint density at radius 3 is 2.52 bits per heavy atom. The summed E-state index contributed by atoms with van der Waals surface area (Å²) in [6.45, 7) is 12.5. The minimum atomic E-state index is -1.18. The van der Waals surface area contributed by atoms with E-state index >= 15 is 0 Å². The summed E-state index contributed by atoms with van der Waals surface area (Å²) in [6.07, 6.45) is 1.67. The van der Waals surface area contributed by atoms with E-state index in [0.29, 0.717) is 18.3 Å². The number of carbonyl (C=O) groups excluding carboxylic acids is 1. The second kappa shape index (κ2) is 4.37. The van der Waals surface area contributed by atoms with Gasteiger partial charge < -0.3 is 10.2 Å². The lowest BCUT2D eigenvalue weighted by Crippen LogP contribution is -2.55. The Morgan fingerprint density at radius 2 is 1.87 bits per heavy atom. The number of allylic oxidation sites excluding steroid dienone is 2. The van der Waals surface area contributed by atoms with Crippen LogP contribution in [0.1, 0.15) is 47.0 Å². The Labute approximate surface area is 138 Å². The molecule has 0 heterocycles. The smallest absolute Gasteiger partial charge is 0.162 e. The topological polar surface area (TPSA) is 57.5 Å². The quantitative estimate of drug-likeness (QED) is 0.676. The number of ketones is 1. The first kappa shape index (κ1) is 15.6. The fourth-order valence-electron chi connectivity index (χ4n) is 6.20. The number of rotatable bonds is 0. The molecular formula is C20H28O3. The Morgan fingerprint density at radius 1 is 1.22 bits per heavy atom. The predicted octanol–water partition coefficient (Wildman–Crippen LogP) is 2.87. The minimum absolute atomic E-state index is 0.0716. The van der Waals surface area contributed by atoms with Gasteiger partial charge in [0.1, 0.15) is 6.10 Å². The highest BCUT2D eigenvalue weighted by Crippen LogP contribution is 2.71. The number of hydrogen-bond donors (Lipinski definition) is 2. The summed E-state index contributed by atoms with van der Waals surface area (Å²) >= 11 is 0. The Balaban J connectivity index is 1.90. The lowest BCUT2D eigenvalue weighted by molar-refractivity contribution is -0.123. The van der Waals surface area contributed by atoms with Crippen LogP contribution in [0.2, 0.25) is 0 Å². The van der Waals surface area contributed by atoms with E-state index in [1.54, 1.807) is 6.92 Å².